The van der Waals surface area contributed by atoms with Crippen molar-refractivity contribution in [3.63, 3.8) is 0 Å². The van der Waals surface area contributed by atoms with E-state index in [2.05, 4.69) is 15.6 Å². The van der Waals surface area contributed by atoms with Gasteiger partial charge in [-0.15, -0.1) is 0 Å². The smallest absolute Gasteiger partial charge is 0.191 e. The molecule has 0 radical (unpaired) electrons. The van der Waals surface area contributed by atoms with Crippen LogP contribution < -0.4 is 10.6 Å². The fourth-order valence-electron chi connectivity index (χ4n) is 1.62. The summed E-state index contributed by atoms with van der Waals surface area (Å²) in [6.45, 7) is 6.19. The summed E-state index contributed by atoms with van der Waals surface area (Å²) in [4.78, 5) is 4.40. The SMILES string of the molecule is CCNC(=NCC(C)CO)NCCc1ccc(F)cc1. The van der Waals surface area contributed by atoms with Crippen LogP contribution in [0.25, 0.3) is 0 Å². The largest absolute Gasteiger partial charge is 0.396 e. The Labute approximate surface area is 120 Å². The Morgan fingerprint density at radius 2 is 2.00 bits per heavy atom. The third-order valence-corrected chi connectivity index (χ3v) is 2.84. The van der Waals surface area contributed by atoms with E-state index in [1.807, 2.05) is 13.8 Å². The van der Waals surface area contributed by atoms with Crippen LogP contribution in [0.4, 0.5) is 4.39 Å². The summed E-state index contributed by atoms with van der Waals surface area (Å²) >= 11 is 0. The monoisotopic (exact) mass is 281 g/mol. The van der Waals surface area contributed by atoms with Crippen LogP contribution >= 0.6 is 0 Å². The lowest BCUT2D eigenvalue weighted by atomic mass is 10.1. The molecule has 0 aliphatic rings. The maximum absolute atomic E-state index is 12.8. The first-order valence-corrected chi connectivity index (χ1v) is 7.03. The fraction of sp³-hybridized carbons (Fsp3) is 0.533. The lowest BCUT2D eigenvalue weighted by molar-refractivity contribution is 0.241. The highest BCUT2D eigenvalue weighted by Gasteiger charge is 2.01. The zero-order valence-corrected chi connectivity index (χ0v) is 12.2. The summed E-state index contributed by atoms with van der Waals surface area (Å²) in [6.07, 6.45) is 0.806. The first-order valence-electron chi connectivity index (χ1n) is 7.03. The highest BCUT2D eigenvalue weighted by atomic mass is 19.1. The van der Waals surface area contributed by atoms with E-state index in [0.29, 0.717) is 6.54 Å². The van der Waals surface area contributed by atoms with Gasteiger partial charge in [0.2, 0.25) is 0 Å². The lowest BCUT2D eigenvalue weighted by Gasteiger charge is -2.12. The van der Waals surface area contributed by atoms with Gasteiger partial charge < -0.3 is 15.7 Å². The molecule has 3 N–H and O–H groups in total. The van der Waals surface area contributed by atoms with Gasteiger partial charge in [-0.25, -0.2) is 4.39 Å². The number of halogens is 1. The number of aliphatic hydroxyl groups excluding tert-OH is 1. The number of nitrogens with zero attached hydrogens (tertiary/aromatic N) is 1. The second kappa shape index (κ2) is 9.31. The Hall–Kier alpha value is -1.62. The minimum Gasteiger partial charge on any atom is -0.396 e. The molecule has 0 saturated carbocycles. The zero-order chi connectivity index (χ0) is 14.8. The van der Waals surface area contributed by atoms with Crippen LogP contribution in [0, 0.1) is 11.7 Å². The number of hydrogen-bond acceptors (Lipinski definition) is 2. The first kappa shape index (κ1) is 16.4. The maximum atomic E-state index is 12.8. The van der Waals surface area contributed by atoms with Crippen LogP contribution in [0.2, 0.25) is 0 Å². The molecule has 112 valence electrons. The average molecular weight is 281 g/mol. The van der Waals surface area contributed by atoms with Gasteiger partial charge >= 0.3 is 0 Å². The normalized spacial score (nSPS) is 13.1. The number of aliphatic imine (C=N–C) groups is 1. The van der Waals surface area contributed by atoms with Gasteiger partial charge in [-0.1, -0.05) is 19.1 Å². The molecule has 0 heterocycles. The molecule has 0 bridgehead atoms. The van der Waals surface area contributed by atoms with Crippen molar-refractivity contribution < 1.29 is 9.50 Å². The molecule has 5 heteroatoms. The topological polar surface area (TPSA) is 56.7 Å². The molecule has 0 aliphatic carbocycles. The summed E-state index contributed by atoms with van der Waals surface area (Å²) in [7, 11) is 0. The summed E-state index contributed by atoms with van der Waals surface area (Å²) in [5, 5.41) is 15.4. The number of hydrogen-bond donors (Lipinski definition) is 3. The van der Waals surface area contributed by atoms with E-state index in [-0.39, 0.29) is 18.3 Å². The summed E-state index contributed by atoms with van der Waals surface area (Å²) in [6, 6.07) is 6.51. The van der Waals surface area contributed by atoms with E-state index >= 15 is 0 Å². The predicted octanol–water partition coefficient (Wildman–Crippen LogP) is 1.55. The van der Waals surface area contributed by atoms with Crippen molar-refractivity contribution >= 4 is 5.96 Å². The third-order valence-electron chi connectivity index (χ3n) is 2.84. The van der Waals surface area contributed by atoms with Gasteiger partial charge in [0.1, 0.15) is 5.82 Å². The summed E-state index contributed by atoms with van der Waals surface area (Å²) < 4.78 is 12.8. The average Bonchev–Trinajstić information content (AvgIpc) is 2.46. The molecular weight excluding hydrogens is 257 g/mol. The van der Waals surface area contributed by atoms with Crippen LogP contribution in [0.5, 0.6) is 0 Å². The number of benzene rings is 1. The molecule has 4 nitrogen and oxygen atoms in total. The molecule has 1 aromatic rings. The molecule has 1 unspecified atom stereocenters. The summed E-state index contributed by atoms with van der Waals surface area (Å²) in [5.41, 5.74) is 1.08. The lowest BCUT2D eigenvalue weighted by Crippen LogP contribution is -2.38. The molecule has 0 aliphatic heterocycles. The molecule has 1 rings (SSSR count). The molecule has 1 atom stereocenters. The number of aliphatic hydroxyl groups is 1. The summed E-state index contributed by atoms with van der Waals surface area (Å²) in [5.74, 6) is 0.687. The van der Waals surface area contributed by atoms with Crippen LogP contribution in [-0.2, 0) is 6.42 Å². The van der Waals surface area contributed by atoms with Crippen LogP contribution in [0.3, 0.4) is 0 Å². The molecule has 0 fully saturated rings. The quantitative estimate of drug-likeness (QED) is 0.525. The van der Waals surface area contributed by atoms with Gasteiger partial charge in [-0.05, 0) is 37.0 Å². The predicted molar refractivity (Wildman–Crippen MR) is 80.3 cm³/mol. The Bertz CT molecular complexity index is 406. The van der Waals surface area contributed by atoms with Crippen LogP contribution in [0.15, 0.2) is 29.3 Å². The van der Waals surface area contributed by atoms with Crippen molar-refractivity contribution in [2.24, 2.45) is 10.9 Å². The fourth-order valence-corrected chi connectivity index (χ4v) is 1.62. The Morgan fingerprint density at radius 1 is 1.30 bits per heavy atom. The Kier molecular flexibility index (Phi) is 7.65. The van der Waals surface area contributed by atoms with Crippen LogP contribution in [0.1, 0.15) is 19.4 Å². The molecular formula is C15H24FN3O. The number of rotatable bonds is 7. The van der Waals surface area contributed by atoms with E-state index in [1.165, 1.54) is 12.1 Å². The van der Waals surface area contributed by atoms with Crippen molar-refractivity contribution in [2.45, 2.75) is 20.3 Å². The van der Waals surface area contributed by atoms with Gasteiger partial charge in [0.25, 0.3) is 0 Å². The third kappa shape index (κ3) is 6.52. The van der Waals surface area contributed by atoms with Gasteiger partial charge in [0.05, 0.1) is 0 Å². The minimum atomic E-state index is -0.213. The Balaban J connectivity index is 2.40. The second-order valence-electron chi connectivity index (χ2n) is 4.81. The zero-order valence-electron chi connectivity index (χ0n) is 12.2. The van der Waals surface area contributed by atoms with Crippen molar-refractivity contribution in [3.05, 3.63) is 35.6 Å². The van der Waals surface area contributed by atoms with Gasteiger partial charge in [-0.3, -0.25) is 4.99 Å². The van der Waals surface area contributed by atoms with Crippen molar-refractivity contribution in [3.8, 4) is 0 Å². The van der Waals surface area contributed by atoms with Crippen molar-refractivity contribution in [2.75, 3.05) is 26.2 Å². The van der Waals surface area contributed by atoms with Gasteiger partial charge in [0, 0.05) is 26.2 Å². The second-order valence-corrected chi connectivity index (χ2v) is 4.81. The van der Waals surface area contributed by atoms with Crippen molar-refractivity contribution in [1.82, 2.24) is 10.6 Å². The highest BCUT2D eigenvalue weighted by Crippen LogP contribution is 2.02. The molecule has 0 spiro atoms. The van der Waals surface area contributed by atoms with Gasteiger partial charge in [-0.2, -0.15) is 0 Å². The van der Waals surface area contributed by atoms with E-state index in [9.17, 15) is 4.39 Å². The molecule has 20 heavy (non-hydrogen) atoms. The maximum Gasteiger partial charge on any atom is 0.191 e. The highest BCUT2D eigenvalue weighted by molar-refractivity contribution is 5.79. The van der Waals surface area contributed by atoms with Crippen LogP contribution in [-0.4, -0.2) is 37.3 Å². The number of nitrogens with one attached hydrogen (secondary N) is 2. The molecule has 0 saturated heterocycles. The van der Waals surface area contributed by atoms with Crippen molar-refractivity contribution in [1.29, 1.82) is 0 Å². The standard InChI is InChI=1S/C15H24FN3O/c1-3-17-15(19-10-12(2)11-20)18-9-8-13-4-6-14(16)7-5-13/h4-7,12,20H,3,8-11H2,1-2H3,(H2,17,18,19). The first-order chi connectivity index (χ1) is 9.65. The van der Waals surface area contributed by atoms with E-state index in [4.69, 9.17) is 5.11 Å². The molecule has 0 aromatic heterocycles. The number of guanidine groups is 1. The molecule has 0 amide bonds. The van der Waals surface area contributed by atoms with E-state index in [1.54, 1.807) is 12.1 Å². The molecule has 1 aromatic carbocycles. The van der Waals surface area contributed by atoms with E-state index in [0.717, 1.165) is 31.0 Å². The van der Waals surface area contributed by atoms with Gasteiger partial charge in [0.15, 0.2) is 5.96 Å². The minimum absolute atomic E-state index is 0.137. The van der Waals surface area contributed by atoms with E-state index < -0.39 is 0 Å². The Morgan fingerprint density at radius 3 is 2.60 bits per heavy atom.